The summed E-state index contributed by atoms with van der Waals surface area (Å²) in [5, 5.41) is 8.76. The minimum atomic E-state index is -5.06. The Hall–Kier alpha value is -1.56. The first-order valence-electron chi connectivity index (χ1n) is 5.30. The van der Waals surface area contributed by atoms with Crippen LogP contribution in [0.25, 0.3) is 0 Å². The van der Waals surface area contributed by atoms with Crippen LogP contribution in [0.2, 0.25) is 0 Å². The van der Waals surface area contributed by atoms with Crippen molar-refractivity contribution in [2.45, 2.75) is 31.5 Å². The Bertz CT molecular complexity index is 440. The van der Waals surface area contributed by atoms with Crippen LogP contribution in [0, 0.1) is 0 Å². The van der Waals surface area contributed by atoms with Crippen LogP contribution in [0.5, 0.6) is 0 Å². The molecule has 1 atom stereocenters. The fourth-order valence-electron chi connectivity index (χ4n) is 1.54. The molecule has 1 aromatic carbocycles. The number of hydrogen-bond donors (Lipinski definition) is 2. The van der Waals surface area contributed by atoms with Crippen molar-refractivity contribution >= 4 is 5.97 Å². The molecule has 6 heteroatoms. The van der Waals surface area contributed by atoms with Gasteiger partial charge in [-0.2, -0.15) is 13.2 Å². The maximum atomic E-state index is 12.8. The van der Waals surface area contributed by atoms with Gasteiger partial charge >= 0.3 is 12.1 Å². The van der Waals surface area contributed by atoms with Gasteiger partial charge in [0.15, 0.2) is 0 Å². The molecule has 0 bridgehead atoms. The zero-order valence-electron chi connectivity index (χ0n) is 9.95. The zero-order chi connectivity index (χ0) is 14.1. The SMILES string of the molecule is CC(C)c1ccc([C@](N)(C(=O)O)C(F)(F)F)cc1. The Kier molecular flexibility index (Phi) is 3.71. The number of benzene rings is 1. The summed E-state index contributed by atoms with van der Waals surface area (Å²) in [6.07, 6.45) is -5.06. The first kappa shape index (κ1) is 14.5. The Labute approximate surface area is 102 Å². The molecule has 1 aromatic rings. The van der Waals surface area contributed by atoms with E-state index < -0.39 is 23.2 Å². The summed E-state index contributed by atoms with van der Waals surface area (Å²) < 4.78 is 38.4. The monoisotopic (exact) mass is 261 g/mol. The molecule has 0 saturated heterocycles. The van der Waals surface area contributed by atoms with E-state index in [1.807, 2.05) is 13.8 Å². The van der Waals surface area contributed by atoms with Gasteiger partial charge in [-0.3, -0.25) is 0 Å². The first-order valence-corrected chi connectivity index (χ1v) is 5.30. The lowest BCUT2D eigenvalue weighted by atomic mass is 9.88. The van der Waals surface area contributed by atoms with Crippen molar-refractivity contribution in [1.82, 2.24) is 0 Å². The number of carboxylic acid groups (broad SMARTS) is 1. The predicted octanol–water partition coefficient (Wildman–Crippen LogP) is 2.61. The van der Waals surface area contributed by atoms with Gasteiger partial charge < -0.3 is 10.8 Å². The zero-order valence-corrected chi connectivity index (χ0v) is 9.95. The minimum absolute atomic E-state index is 0.141. The van der Waals surface area contributed by atoms with E-state index in [0.717, 1.165) is 17.7 Å². The molecular formula is C12H14F3NO2. The highest BCUT2D eigenvalue weighted by Gasteiger charge is 2.59. The lowest BCUT2D eigenvalue weighted by molar-refractivity contribution is -0.204. The standard InChI is InChI=1S/C12H14F3NO2/c1-7(2)8-3-5-9(6-4-8)11(16,10(17)18)12(13,14)15/h3-7H,16H2,1-2H3,(H,17,18)/t11-/m0/s1. The van der Waals surface area contributed by atoms with Crippen LogP contribution in [0.1, 0.15) is 30.9 Å². The van der Waals surface area contributed by atoms with E-state index in [2.05, 4.69) is 0 Å². The molecule has 0 radical (unpaired) electrons. The second-order valence-corrected chi connectivity index (χ2v) is 4.39. The molecule has 100 valence electrons. The van der Waals surface area contributed by atoms with Crippen molar-refractivity contribution in [3.8, 4) is 0 Å². The maximum Gasteiger partial charge on any atom is 0.421 e. The van der Waals surface area contributed by atoms with Gasteiger partial charge in [0.25, 0.3) is 0 Å². The lowest BCUT2D eigenvalue weighted by Gasteiger charge is -2.28. The third kappa shape index (κ3) is 2.33. The van der Waals surface area contributed by atoms with Gasteiger partial charge in [0.1, 0.15) is 0 Å². The highest BCUT2D eigenvalue weighted by molar-refractivity contribution is 5.81. The van der Waals surface area contributed by atoms with Crippen molar-refractivity contribution in [2.75, 3.05) is 0 Å². The molecular weight excluding hydrogens is 247 g/mol. The van der Waals surface area contributed by atoms with Crippen molar-refractivity contribution in [3.05, 3.63) is 35.4 Å². The maximum absolute atomic E-state index is 12.8. The lowest BCUT2D eigenvalue weighted by Crippen LogP contribution is -2.56. The average Bonchev–Trinajstić information content (AvgIpc) is 2.26. The minimum Gasteiger partial charge on any atom is -0.479 e. The summed E-state index contributed by atoms with van der Waals surface area (Å²) >= 11 is 0. The van der Waals surface area contributed by atoms with Crippen molar-refractivity contribution in [2.24, 2.45) is 5.73 Å². The van der Waals surface area contributed by atoms with Gasteiger partial charge in [0.05, 0.1) is 0 Å². The topological polar surface area (TPSA) is 63.3 Å². The largest absolute Gasteiger partial charge is 0.479 e. The van der Waals surface area contributed by atoms with Crippen LogP contribution < -0.4 is 5.73 Å². The molecule has 3 N–H and O–H groups in total. The predicted molar refractivity (Wildman–Crippen MR) is 60.1 cm³/mol. The fraction of sp³-hybridized carbons (Fsp3) is 0.417. The fourth-order valence-corrected chi connectivity index (χ4v) is 1.54. The van der Waals surface area contributed by atoms with Gasteiger partial charge in [0, 0.05) is 0 Å². The van der Waals surface area contributed by atoms with Crippen LogP contribution in [0.4, 0.5) is 13.2 Å². The number of hydrogen-bond acceptors (Lipinski definition) is 2. The molecule has 1 rings (SSSR count). The van der Waals surface area contributed by atoms with Crippen LogP contribution in [-0.2, 0) is 10.3 Å². The highest BCUT2D eigenvalue weighted by atomic mass is 19.4. The molecule has 18 heavy (non-hydrogen) atoms. The van der Waals surface area contributed by atoms with Gasteiger partial charge in [-0.1, -0.05) is 38.1 Å². The van der Waals surface area contributed by atoms with Crippen molar-refractivity contribution in [3.63, 3.8) is 0 Å². The van der Waals surface area contributed by atoms with Crippen molar-refractivity contribution in [1.29, 1.82) is 0 Å². The summed E-state index contributed by atoms with van der Waals surface area (Å²) in [6.45, 7) is 3.76. The van der Waals surface area contributed by atoms with E-state index in [1.165, 1.54) is 12.1 Å². The molecule has 0 aliphatic rings. The molecule has 0 unspecified atom stereocenters. The number of nitrogens with two attached hydrogens (primary N) is 1. The smallest absolute Gasteiger partial charge is 0.421 e. The molecule has 0 heterocycles. The summed E-state index contributed by atoms with van der Waals surface area (Å²) in [4.78, 5) is 10.8. The van der Waals surface area contributed by atoms with Gasteiger partial charge in [-0.05, 0) is 17.0 Å². The van der Waals surface area contributed by atoms with Gasteiger partial charge in [-0.25, -0.2) is 4.79 Å². The van der Waals surface area contributed by atoms with E-state index in [1.54, 1.807) is 0 Å². The summed E-state index contributed by atoms with van der Waals surface area (Å²) in [6, 6.07) is 5.13. The third-order valence-electron chi connectivity index (χ3n) is 2.82. The number of rotatable bonds is 3. The van der Waals surface area contributed by atoms with E-state index in [9.17, 15) is 18.0 Å². The van der Waals surface area contributed by atoms with Crippen LogP contribution in [0.15, 0.2) is 24.3 Å². The number of carboxylic acids is 1. The Balaban J connectivity index is 3.28. The summed E-state index contributed by atoms with van der Waals surface area (Å²) in [5.41, 5.74) is 2.00. The van der Waals surface area contributed by atoms with E-state index >= 15 is 0 Å². The molecule has 0 saturated carbocycles. The second kappa shape index (κ2) is 4.61. The molecule has 0 aliphatic carbocycles. The highest BCUT2D eigenvalue weighted by Crippen LogP contribution is 2.37. The summed E-state index contributed by atoms with van der Waals surface area (Å²) in [7, 11) is 0. The number of aliphatic carboxylic acids is 1. The average molecular weight is 261 g/mol. The quantitative estimate of drug-likeness (QED) is 0.879. The molecule has 0 fully saturated rings. The van der Waals surface area contributed by atoms with Crippen LogP contribution >= 0.6 is 0 Å². The van der Waals surface area contributed by atoms with E-state index in [4.69, 9.17) is 10.8 Å². The molecule has 0 aromatic heterocycles. The van der Waals surface area contributed by atoms with E-state index in [0.29, 0.717) is 0 Å². The van der Waals surface area contributed by atoms with Gasteiger partial charge in [0.2, 0.25) is 5.54 Å². The Morgan fingerprint density at radius 2 is 1.67 bits per heavy atom. The normalized spacial score (nSPS) is 15.5. The molecule has 0 spiro atoms. The molecule has 0 aliphatic heterocycles. The molecule has 0 amide bonds. The summed E-state index contributed by atoms with van der Waals surface area (Å²) in [5.74, 6) is -1.98. The van der Waals surface area contributed by atoms with Crippen LogP contribution in [-0.4, -0.2) is 17.3 Å². The Morgan fingerprint density at radius 1 is 1.22 bits per heavy atom. The first-order chi connectivity index (χ1) is 8.10. The van der Waals surface area contributed by atoms with Crippen LogP contribution in [0.3, 0.4) is 0 Å². The molecule has 3 nitrogen and oxygen atoms in total. The number of carbonyl (C=O) groups is 1. The van der Waals surface area contributed by atoms with Gasteiger partial charge in [-0.15, -0.1) is 0 Å². The van der Waals surface area contributed by atoms with E-state index in [-0.39, 0.29) is 5.92 Å². The second-order valence-electron chi connectivity index (χ2n) is 4.39. The number of alkyl halides is 3. The van der Waals surface area contributed by atoms with Crippen molar-refractivity contribution < 1.29 is 23.1 Å². The number of halogens is 3. The Morgan fingerprint density at radius 3 is 1.94 bits per heavy atom. The third-order valence-corrected chi connectivity index (χ3v) is 2.82.